The van der Waals surface area contributed by atoms with Crippen LogP contribution in [0.25, 0.3) is 0 Å². The van der Waals surface area contributed by atoms with Crippen molar-refractivity contribution in [3.8, 4) is 0 Å². The van der Waals surface area contributed by atoms with E-state index in [1.807, 2.05) is 0 Å². The van der Waals surface area contributed by atoms with Crippen LogP contribution >= 0.6 is 0 Å². The van der Waals surface area contributed by atoms with Gasteiger partial charge in [0.2, 0.25) is 0 Å². The smallest absolute Gasteiger partial charge is 0.411 e. The van der Waals surface area contributed by atoms with Gasteiger partial charge in [0.05, 0.1) is 0 Å². The molecule has 17 heavy (non-hydrogen) atoms. The molecule has 0 spiro atoms. The molecule has 1 rings (SSSR count). The Hall–Kier alpha value is -0.780. The lowest BCUT2D eigenvalue weighted by Crippen LogP contribution is -2.28. The molecule has 100 valence electrons. The highest BCUT2D eigenvalue weighted by molar-refractivity contribution is 5.70. The van der Waals surface area contributed by atoms with Crippen molar-refractivity contribution in [1.29, 1.82) is 0 Å². The maximum atomic E-state index is 11.7. The number of ether oxygens (including phenoxy) is 2. The zero-order valence-corrected chi connectivity index (χ0v) is 9.76. The number of hydrogen-bond donors (Lipinski definition) is 0. The summed E-state index contributed by atoms with van der Waals surface area (Å²) < 4.78 is 44.5. The molecule has 1 aliphatic carbocycles. The maximum absolute atomic E-state index is 11.7. The van der Waals surface area contributed by atoms with E-state index in [9.17, 15) is 18.0 Å². The van der Waals surface area contributed by atoms with E-state index in [1.165, 1.54) is 0 Å². The number of rotatable bonds is 4. The van der Waals surface area contributed by atoms with Gasteiger partial charge in [0, 0.05) is 0 Å². The maximum Gasteiger partial charge on any atom is 0.411 e. The Morgan fingerprint density at radius 2 is 2.06 bits per heavy atom. The summed E-state index contributed by atoms with van der Waals surface area (Å²) in [5.41, 5.74) is 0. The van der Waals surface area contributed by atoms with E-state index >= 15 is 0 Å². The molecule has 0 N–H and O–H groups in total. The summed E-state index contributed by atoms with van der Waals surface area (Å²) >= 11 is 0. The van der Waals surface area contributed by atoms with Crippen molar-refractivity contribution in [3.63, 3.8) is 0 Å². The topological polar surface area (TPSA) is 35.5 Å². The summed E-state index contributed by atoms with van der Waals surface area (Å²) in [6.45, 7) is 0.0215. The Balaban J connectivity index is 2.16. The molecule has 0 aromatic heterocycles. The van der Waals surface area contributed by atoms with Gasteiger partial charge in [0.15, 0.2) is 0 Å². The Morgan fingerprint density at radius 1 is 1.35 bits per heavy atom. The third-order valence-electron chi connectivity index (χ3n) is 2.67. The van der Waals surface area contributed by atoms with E-state index in [4.69, 9.17) is 4.74 Å². The highest BCUT2D eigenvalue weighted by Gasteiger charge is 2.28. The van der Waals surface area contributed by atoms with Crippen LogP contribution in [0.2, 0.25) is 0 Å². The number of carbonyl (C=O) groups excluding carboxylic acids is 1. The van der Waals surface area contributed by atoms with Crippen LogP contribution in [0.1, 0.15) is 32.6 Å². The van der Waals surface area contributed by atoms with Crippen molar-refractivity contribution >= 4 is 5.97 Å². The molecule has 1 fully saturated rings. The summed E-state index contributed by atoms with van der Waals surface area (Å²) in [5.74, 6) is -0.217. The van der Waals surface area contributed by atoms with Crippen LogP contribution in [0.3, 0.4) is 0 Å². The second-order valence-corrected chi connectivity index (χ2v) is 4.49. The molecule has 2 atom stereocenters. The first-order chi connectivity index (χ1) is 7.87. The van der Waals surface area contributed by atoms with Gasteiger partial charge < -0.3 is 9.47 Å². The third-order valence-corrected chi connectivity index (χ3v) is 2.67. The lowest BCUT2D eigenvalue weighted by atomic mass is 9.89. The largest absolute Gasteiger partial charge is 0.461 e. The van der Waals surface area contributed by atoms with Crippen LogP contribution in [-0.4, -0.2) is 31.5 Å². The molecule has 0 amide bonds. The molecule has 0 radical (unpaired) electrons. The molecule has 0 bridgehead atoms. The molecule has 0 aliphatic heterocycles. The number of hydrogen-bond acceptors (Lipinski definition) is 3. The lowest BCUT2D eigenvalue weighted by Gasteiger charge is -2.26. The van der Waals surface area contributed by atoms with Gasteiger partial charge in [-0.15, -0.1) is 0 Å². The van der Waals surface area contributed by atoms with Crippen LogP contribution in [0.4, 0.5) is 13.2 Å². The number of alkyl halides is 3. The Morgan fingerprint density at radius 3 is 2.65 bits per heavy atom. The highest BCUT2D eigenvalue weighted by atomic mass is 19.4. The first-order valence-electron chi connectivity index (χ1n) is 5.71. The van der Waals surface area contributed by atoms with Crippen LogP contribution in [0.5, 0.6) is 0 Å². The fourth-order valence-corrected chi connectivity index (χ4v) is 1.96. The van der Waals surface area contributed by atoms with Crippen LogP contribution in [-0.2, 0) is 14.3 Å². The summed E-state index contributed by atoms with van der Waals surface area (Å²) in [6.07, 6.45) is -0.901. The van der Waals surface area contributed by atoms with Gasteiger partial charge in [-0.1, -0.05) is 13.3 Å². The van der Waals surface area contributed by atoms with Gasteiger partial charge in [0.25, 0.3) is 0 Å². The second-order valence-electron chi connectivity index (χ2n) is 4.49. The molecule has 1 aliphatic rings. The lowest BCUT2D eigenvalue weighted by molar-refractivity contribution is -0.183. The van der Waals surface area contributed by atoms with Gasteiger partial charge in [-0.3, -0.25) is 0 Å². The van der Waals surface area contributed by atoms with Crippen molar-refractivity contribution in [1.82, 2.24) is 0 Å². The van der Waals surface area contributed by atoms with Crippen LogP contribution in [0, 0.1) is 5.92 Å². The minimum atomic E-state index is -4.40. The molecule has 0 heterocycles. The summed E-state index contributed by atoms with van der Waals surface area (Å²) in [5, 5.41) is 0. The number of halogens is 3. The normalized spacial score (nSPS) is 25.6. The number of esters is 1. The zero-order valence-electron chi connectivity index (χ0n) is 9.76. The Labute approximate surface area is 98.3 Å². The summed E-state index contributed by atoms with van der Waals surface area (Å²) in [6, 6.07) is 0. The van der Waals surface area contributed by atoms with E-state index in [-0.39, 0.29) is 6.10 Å². The molecule has 0 saturated heterocycles. The first-order valence-corrected chi connectivity index (χ1v) is 5.71. The van der Waals surface area contributed by atoms with Crippen molar-refractivity contribution in [2.24, 2.45) is 5.92 Å². The third kappa shape index (κ3) is 6.51. The average molecular weight is 254 g/mol. The second kappa shape index (κ2) is 6.23. The van der Waals surface area contributed by atoms with E-state index < -0.39 is 25.4 Å². The van der Waals surface area contributed by atoms with Gasteiger partial charge in [-0.2, -0.15) is 13.2 Å². The fourth-order valence-electron chi connectivity index (χ4n) is 1.96. The molecule has 0 aromatic rings. The minimum absolute atomic E-state index is 0.166. The molecule has 0 aromatic carbocycles. The highest BCUT2D eigenvalue weighted by Crippen LogP contribution is 2.25. The molecule has 2 unspecified atom stereocenters. The van der Waals surface area contributed by atoms with Gasteiger partial charge in [0.1, 0.15) is 19.3 Å². The molecule has 3 nitrogen and oxygen atoms in total. The van der Waals surface area contributed by atoms with Crippen molar-refractivity contribution < 1.29 is 27.4 Å². The standard InChI is InChI=1S/C11H17F3O3/c1-8-3-2-4-9(5-8)17-10(15)6-16-7-11(12,13)14/h8-9H,2-7H2,1H3. The number of carbonyl (C=O) groups is 1. The summed E-state index contributed by atoms with van der Waals surface area (Å²) in [4.78, 5) is 11.2. The average Bonchev–Trinajstić information content (AvgIpc) is 2.15. The van der Waals surface area contributed by atoms with Crippen LogP contribution in [0.15, 0.2) is 0 Å². The molecule has 1 saturated carbocycles. The van der Waals surface area contributed by atoms with Crippen molar-refractivity contribution in [3.05, 3.63) is 0 Å². The fraction of sp³-hybridized carbons (Fsp3) is 0.909. The zero-order chi connectivity index (χ0) is 12.9. The van der Waals surface area contributed by atoms with Crippen molar-refractivity contribution in [2.75, 3.05) is 13.2 Å². The predicted octanol–water partition coefficient (Wildman–Crippen LogP) is 2.69. The van der Waals surface area contributed by atoms with Gasteiger partial charge >= 0.3 is 12.1 Å². The minimum Gasteiger partial charge on any atom is -0.461 e. The van der Waals surface area contributed by atoms with E-state index in [0.29, 0.717) is 5.92 Å². The van der Waals surface area contributed by atoms with Crippen LogP contribution < -0.4 is 0 Å². The van der Waals surface area contributed by atoms with Gasteiger partial charge in [-0.25, -0.2) is 4.79 Å². The Bertz CT molecular complexity index is 253. The predicted molar refractivity (Wildman–Crippen MR) is 54.4 cm³/mol. The van der Waals surface area contributed by atoms with E-state index in [1.54, 1.807) is 0 Å². The first kappa shape index (κ1) is 14.3. The molecule has 6 heteroatoms. The quantitative estimate of drug-likeness (QED) is 0.723. The van der Waals surface area contributed by atoms with E-state index in [2.05, 4.69) is 11.7 Å². The Kier molecular flexibility index (Phi) is 5.24. The van der Waals surface area contributed by atoms with E-state index in [0.717, 1.165) is 25.7 Å². The van der Waals surface area contributed by atoms with Gasteiger partial charge in [-0.05, 0) is 25.2 Å². The molecular weight excluding hydrogens is 237 g/mol. The SMILES string of the molecule is CC1CCCC(OC(=O)COCC(F)(F)F)C1. The summed E-state index contributed by atoms with van der Waals surface area (Å²) in [7, 11) is 0. The molecular formula is C11H17F3O3. The monoisotopic (exact) mass is 254 g/mol. The van der Waals surface area contributed by atoms with Crippen molar-refractivity contribution in [2.45, 2.75) is 44.9 Å².